The Morgan fingerprint density at radius 1 is 0.417 bits per heavy atom. The van der Waals surface area contributed by atoms with Gasteiger partial charge < -0.3 is 19.6 Å². The van der Waals surface area contributed by atoms with E-state index in [1.807, 2.05) is 0 Å². The zero-order chi connectivity index (χ0) is 40.8. The van der Waals surface area contributed by atoms with Crippen molar-refractivity contribution >= 4 is 67.0 Å². The Morgan fingerprint density at radius 2 is 0.867 bits per heavy atom. The minimum atomic E-state index is 1.01. The van der Waals surface area contributed by atoms with E-state index in [4.69, 9.17) is 0 Å². The van der Waals surface area contributed by atoms with Crippen LogP contribution in [0.4, 0.5) is 45.5 Å². The van der Waals surface area contributed by atoms with Gasteiger partial charge in [0.25, 0.3) is 0 Å². The van der Waals surface area contributed by atoms with Gasteiger partial charge in [0, 0.05) is 31.2 Å². The van der Waals surface area contributed by atoms with Crippen LogP contribution in [-0.2, 0) is 0 Å². The van der Waals surface area contributed by atoms with E-state index >= 15 is 0 Å². The van der Waals surface area contributed by atoms with Crippen molar-refractivity contribution in [3.05, 3.63) is 191 Å². The van der Waals surface area contributed by atoms with Crippen molar-refractivity contribution in [2.45, 2.75) is 40.5 Å². The number of rotatable bonds is 4. The van der Waals surface area contributed by atoms with E-state index in [-0.39, 0.29) is 0 Å². The topological polar surface area (TPSA) is 13.0 Å². The predicted octanol–water partition coefficient (Wildman–Crippen LogP) is 15.3. The van der Waals surface area contributed by atoms with E-state index in [0.29, 0.717) is 0 Å². The lowest BCUT2D eigenvalue weighted by atomic mass is 9.83. The van der Waals surface area contributed by atoms with Crippen molar-refractivity contribution in [1.29, 1.82) is 0 Å². The summed E-state index contributed by atoms with van der Waals surface area (Å²) >= 11 is 0. The molecule has 11 rings (SSSR count). The maximum atomic E-state index is 2.50. The molecule has 8 aromatic carbocycles. The fourth-order valence-electron chi connectivity index (χ4n) is 10.3. The Balaban J connectivity index is 1.25. The SMILES string of the molecule is Cc1ccc(-c2c3ccc(N4c5ccccc5N(C)c5ccccc54)cc3c(-c3ccc(C)cc3C)c3ccc(N4C5=C(CCC=C5)N(C)c5ccccc54)cc23)c(C)c1. The fraction of sp³-hybridized carbons (Fsp3) is 0.143. The number of nitrogens with zero attached hydrogens (tertiary/aromatic N) is 4. The lowest BCUT2D eigenvalue weighted by Gasteiger charge is -2.41. The van der Waals surface area contributed by atoms with Crippen molar-refractivity contribution in [3.8, 4) is 22.3 Å². The molecule has 2 aliphatic heterocycles. The molecule has 4 heteroatoms. The monoisotopic (exact) mass is 776 g/mol. The number of hydrogen-bond acceptors (Lipinski definition) is 4. The first-order valence-corrected chi connectivity index (χ1v) is 21.2. The number of benzene rings is 8. The highest BCUT2D eigenvalue weighted by atomic mass is 15.3. The molecular formula is C56H48N4. The largest absolute Gasteiger partial charge is 0.345 e. The van der Waals surface area contributed by atoms with Crippen LogP contribution in [0.25, 0.3) is 43.8 Å². The summed E-state index contributed by atoms with van der Waals surface area (Å²) in [6.45, 7) is 8.93. The summed E-state index contributed by atoms with van der Waals surface area (Å²) in [6.07, 6.45) is 6.72. The Bertz CT molecular complexity index is 3100. The van der Waals surface area contributed by atoms with Crippen molar-refractivity contribution in [3.63, 3.8) is 0 Å². The van der Waals surface area contributed by atoms with Gasteiger partial charge in [0.2, 0.25) is 0 Å². The highest BCUT2D eigenvalue weighted by molar-refractivity contribution is 6.23. The van der Waals surface area contributed by atoms with Crippen LogP contribution < -0.4 is 19.6 Å². The molecule has 0 unspecified atom stereocenters. The molecule has 8 aromatic rings. The molecule has 0 N–H and O–H groups in total. The third kappa shape index (κ3) is 5.44. The third-order valence-corrected chi connectivity index (χ3v) is 13.1. The first-order valence-electron chi connectivity index (χ1n) is 21.2. The average molecular weight is 777 g/mol. The van der Waals surface area contributed by atoms with Crippen LogP contribution in [0, 0.1) is 27.7 Å². The minimum absolute atomic E-state index is 1.01. The van der Waals surface area contributed by atoms with E-state index in [1.165, 1.54) is 117 Å². The lowest BCUT2D eigenvalue weighted by Crippen LogP contribution is -2.32. The summed E-state index contributed by atoms with van der Waals surface area (Å²) in [5, 5.41) is 5.00. The molecular weight excluding hydrogens is 729 g/mol. The highest BCUT2D eigenvalue weighted by Crippen LogP contribution is 2.54. The molecule has 3 aliphatic rings. The van der Waals surface area contributed by atoms with Crippen LogP contribution in [0.15, 0.2) is 169 Å². The van der Waals surface area contributed by atoms with E-state index in [0.717, 1.165) is 18.5 Å². The number of aryl methyl sites for hydroxylation is 4. The van der Waals surface area contributed by atoms with Crippen molar-refractivity contribution in [1.82, 2.24) is 0 Å². The van der Waals surface area contributed by atoms with Crippen LogP contribution in [-0.4, -0.2) is 14.1 Å². The summed E-state index contributed by atoms with van der Waals surface area (Å²) in [5.74, 6) is 0. The number of fused-ring (bicyclic) bond motifs is 5. The molecule has 0 saturated heterocycles. The second-order valence-corrected chi connectivity index (χ2v) is 16.9. The molecule has 0 atom stereocenters. The summed E-state index contributed by atoms with van der Waals surface area (Å²) in [5.41, 5.74) is 22.2. The molecule has 292 valence electrons. The summed E-state index contributed by atoms with van der Waals surface area (Å²) < 4.78 is 0. The van der Waals surface area contributed by atoms with Crippen LogP contribution >= 0.6 is 0 Å². The van der Waals surface area contributed by atoms with Gasteiger partial charge in [-0.25, -0.2) is 0 Å². The van der Waals surface area contributed by atoms with Crippen LogP contribution in [0.5, 0.6) is 0 Å². The third-order valence-electron chi connectivity index (χ3n) is 13.1. The van der Waals surface area contributed by atoms with Crippen molar-refractivity contribution < 1.29 is 0 Å². The quantitative estimate of drug-likeness (QED) is 0.165. The molecule has 2 heterocycles. The number of allylic oxidation sites excluding steroid dienone is 3. The number of anilines is 8. The first-order chi connectivity index (χ1) is 29.3. The Hall–Kier alpha value is -7.04. The molecule has 0 amide bonds. The predicted molar refractivity (Wildman–Crippen MR) is 256 cm³/mol. The molecule has 0 aromatic heterocycles. The fourth-order valence-corrected chi connectivity index (χ4v) is 10.3. The van der Waals surface area contributed by atoms with Crippen LogP contribution in [0.3, 0.4) is 0 Å². The lowest BCUT2D eigenvalue weighted by molar-refractivity contribution is 0.849. The second kappa shape index (κ2) is 13.8. The van der Waals surface area contributed by atoms with E-state index in [1.54, 1.807) is 0 Å². The van der Waals surface area contributed by atoms with Gasteiger partial charge >= 0.3 is 0 Å². The highest BCUT2D eigenvalue weighted by Gasteiger charge is 2.31. The van der Waals surface area contributed by atoms with Gasteiger partial charge in [-0.3, -0.25) is 0 Å². The minimum Gasteiger partial charge on any atom is -0.345 e. The maximum Gasteiger partial charge on any atom is 0.0699 e. The van der Waals surface area contributed by atoms with Gasteiger partial charge in [-0.05, 0) is 162 Å². The summed E-state index contributed by atoms with van der Waals surface area (Å²) in [6, 6.07) is 54.7. The molecule has 0 fully saturated rings. The molecule has 1 aliphatic carbocycles. The molecule has 0 bridgehead atoms. The molecule has 0 radical (unpaired) electrons. The van der Waals surface area contributed by atoms with Gasteiger partial charge in [-0.1, -0.05) is 102 Å². The first kappa shape index (κ1) is 36.1. The maximum absolute atomic E-state index is 2.50. The Labute approximate surface area is 353 Å². The van der Waals surface area contributed by atoms with E-state index < -0.39 is 0 Å². The average Bonchev–Trinajstić information content (AvgIpc) is 3.26. The van der Waals surface area contributed by atoms with E-state index in [2.05, 4.69) is 219 Å². The van der Waals surface area contributed by atoms with Crippen LogP contribution in [0.2, 0.25) is 0 Å². The smallest absolute Gasteiger partial charge is 0.0699 e. The number of hydrogen-bond donors (Lipinski definition) is 0. The van der Waals surface area contributed by atoms with Crippen molar-refractivity contribution in [2.24, 2.45) is 0 Å². The summed E-state index contributed by atoms with van der Waals surface area (Å²) in [4.78, 5) is 9.66. The molecule has 60 heavy (non-hydrogen) atoms. The van der Waals surface area contributed by atoms with Gasteiger partial charge in [0.05, 0.1) is 39.8 Å². The van der Waals surface area contributed by atoms with E-state index in [9.17, 15) is 0 Å². The van der Waals surface area contributed by atoms with Gasteiger partial charge in [0.15, 0.2) is 0 Å². The van der Waals surface area contributed by atoms with Crippen LogP contribution in [0.1, 0.15) is 35.1 Å². The molecule has 4 nitrogen and oxygen atoms in total. The van der Waals surface area contributed by atoms with Gasteiger partial charge in [0.1, 0.15) is 0 Å². The molecule has 0 saturated carbocycles. The zero-order valence-corrected chi connectivity index (χ0v) is 35.2. The zero-order valence-electron chi connectivity index (χ0n) is 35.2. The number of para-hydroxylation sites is 6. The standard InChI is InChI=1S/C56H48N4/c1-35-23-27-41(37(3)31-35)55-43-29-25-40(60-53-21-13-9-17-49(53)58(6)50-18-10-14-22-54(50)60)34-46(43)56(42-28-24-36(2)32-38(42)4)44-30-26-39(33-45(44)55)59-51-19-11-7-15-47(51)57(5)48-16-8-12-20-52(48)59/h7-9,11-17,19-34H,10,18H2,1-6H3. The second-order valence-electron chi connectivity index (χ2n) is 16.9. The van der Waals surface area contributed by atoms with Gasteiger partial charge in [-0.15, -0.1) is 0 Å². The molecule has 0 spiro atoms. The van der Waals surface area contributed by atoms with Crippen molar-refractivity contribution in [2.75, 3.05) is 33.7 Å². The Morgan fingerprint density at radius 3 is 1.37 bits per heavy atom. The normalized spacial score (nSPS) is 14.4. The van der Waals surface area contributed by atoms with Gasteiger partial charge in [-0.2, -0.15) is 0 Å². The summed E-state index contributed by atoms with van der Waals surface area (Å²) in [7, 11) is 4.39. The Kier molecular flexibility index (Phi) is 8.28.